The summed E-state index contributed by atoms with van der Waals surface area (Å²) in [6.45, 7) is 0.499. The third-order valence-corrected chi connectivity index (χ3v) is 3.24. The topological polar surface area (TPSA) is 61.5 Å². The van der Waals surface area contributed by atoms with E-state index in [4.69, 9.17) is 10.5 Å². The fourth-order valence-corrected chi connectivity index (χ4v) is 2.21. The Balaban J connectivity index is 2.64. The van der Waals surface area contributed by atoms with Crippen molar-refractivity contribution in [1.29, 1.82) is 0 Å². The SMILES string of the molecule is COC(=O)CSCc1cc(CN)ccc1OC. The highest BCUT2D eigenvalue weighted by Gasteiger charge is 2.06. The predicted molar refractivity (Wildman–Crippen MR) is 69.1 cm³/mol. The molecule has 0 aliphatic heterocycles. The van der Waals surface area contributed by atoms with Crippen LogP contribution in [0.5, 0.6) is 5.75 Å². The van der Waals surface area contributed by atoms with Crippen LogP contribution in [0.4, 0.5) is 0 Å². The maximum absolute atomic E-state index is 11.0. The second-order valence-electron chi connectivity index (χ2n) is 3.42. The largest absolute Gasteiger partial charge is 0.496 e. The molecule has 0 radical (unpaired) electrons. The van der Waals surface area contributed by atoms with E-state index in [0.717, 1.165) is 16.9 Å². The lowest BCUT2D eigenvalue weighted by atomic mass is 10.1. The molecule has 4 nitrogen and oxygen atoms in total. The van der Waals surface area contributed by atoms with Crippen LogP contribution in [0.15, 0.2) is 18.2 Å². The summed E-state index contributed by atoms with van der Waals surface area (Å²) in [5.74, 6) is 1.64. The number of rotatable bonds is 6. The summed E-state index contributed by atoms with van der Waals surface area (Å²) in [7, 11) is 3.02. The summed E-state index contributed by atoms with van der Waals surface area (Å²) >= 11 is 1.49. The molecule has 0 aliphatic carbocycles. The Labute approximate surface area is 105 Å². The van der Waals surface area contributed by atoms with Crippen LogP contribution in [-0.2, 0) is 21.8 Å². The van der Waals surface area contributed by atoms with Crippen molar-refractivity contribution < 1.29 is 14.3 Å². The van der Waals surface area contributed by atoms with Crippen LogP contribution >= 0.6 is 11.8 Å². The second kappa shape index (κ2) is 7.19. The first kappa shape index (κ1) is 13.9. The molecule has 0 heterocycles. The van der Waals surface area contributed by atoms with E-state index >= 15 is 0 Å². The molecule has 0 saturated heterocycles. The summed E-state index contributed by atoms with van der Waals surface area (Å²) in [4.78, 5) is 11.0. The smallest absolute Gasteiger partial charge is 0.315 e. The molecule has 0 unspecified atom stereocenters. The molecule has 0 spiro atoms. The van der Waals surface area contributed by atoms with E-state index in [1.54, 1.807) is 7.11 Å². The molecule has 5 heteroatoms. The van der Waals surface area contributed by atoms with Crippen molar-refractivity contribution >= 4 is 17.7 Å². The Hall–Kier alpha value is -1.20. The molecule has 0 aromatic heterocycles. The highest BCUT2D eigenvalue weighted by Crippen LogP contribution is 2.24. The van der Waals surface area contributed by atoms with Crippen LogP contribution in [0, 0.1) is 0 Å². The molecule has 0 aliphatic rings. The van der Waals surface area contributed by atoms with Gasteiger partial charge < -0.3 is 15.2 Å². The maximum Gasteiger partial charge on any atom is 0.315 e. The lowest BCUT2D eigenvalue weighted by Gasteiger charge is -2.09. The Morgan fingerprint density at radius 2 is 2.18 bits per heavy atom. The molecule has 0 fully saturated rings. The van der Waals surface area contributed by atoms with Gasteiger partial charge in [-0.3, -0.25) is 4.79 Å². The molecule has 2 N–H and O–H groups in total. The van der Waals surface area contributed by atoms with E-state index in [0.29, 0.717) is 18.1 Å². The molecule has 0 atom stereocenters. The van der Waals surface area contributed by atoms with E-state index < -0.39 is 0 Å². The molecule has 0 bridgehead atoms. The first-order valence-corrected chi connectivity index (χ1v) is 6.37. The standard InChI is InChI=1S/C12H17NO3S/c1-15-11-4-3-9(6-13)5-10(11)7-17-8-12(14)16-2/h3-5H,6-8,13H2,1-2H3. The van der Waals surface area contributed by atoms with Gasteiger partial charge in [-0.25, -0.2) is 0 Å². The van der Waals surface area contributed by atoms with Gasteiger partial charge in [0.1, 0.15) is 5.75 Å². The number of methoxy groups -OCH3 is 2. The van der Waals surface area contributed by atoms with Crippen LogP contribution in [0.2, 0.25) is 0 Å². The number of benzene rings is 1. The number of esters is 1. The van der Waals surface area contributed by atoms with Gasteiger partial charge in [-0.2, -0.15) is 0 Å². The van der Waals surface area contributed by atoms with E-state index in [1.807, 2.05) is 18.2 Å². The van der Waals surface area contributed by atoms with Gasteiger partial charge in [0.15, 0.2) is 0 Å². The minimum atomic E-state index is -0.219. The number of hydrogen-bond acceptors (Lipinski definition) is 5. The molecule has 1 aromatic carbocycles. The van der Waals surface area contributed by atoms with Gasteiger partial charge in [0.05, 0.1) is 20.0 Å². The van der Waals surface area contributed by atoms with Crippen LogP contribution in [0.3, 0.4) is 0 Å². The highest BCUT2D eigenvalue weighted by atomic mass is 32.2. The minimum absolute atomic E-state index is 0.219. The van der Waals surface area contributed by atoms with Gasteiger partial charge in [-0.1, -0.05) is 6.07 Å². The Morgan fingerprint density at radius 1 is 1.41 bits per heavy atom. The van der Waals surface area contributed by atoms with Crippen LogP contribution in [0.1, 0.15) is 11.1 Å². The summed E-state index contributed by atoms with van der Waals surface area (Å²) in [6, 6.07) is 5.84. The Bertz CT molecular complexity index is 382. The molecule has 1 aromatic rings. The molecule has 1 rings (SSSR count). The number of hydrogen-bond donors (Lipinski definition) is 1. The first-order valence-electron chi connectivity index (χ1n) is 5.21. The van der Waals surface area contributed by atoms with Crippen molar-refractivity contribution in [2.75, 3.05) is 20.0 Å². The number of carbonyl (C=O) groups is 1. The summed E-state index contributed by atoms with van der Waals surface area (Å²) in [5, 5.41) is 0. The van der Waals surface area contributed by atoms with Crippen molar-refractivity contribution in [3.63, 3.8) is 0 Å². The van der Waals surface area contributed by atoms with Crippen molar-refractivity contribution in [1.82, 2.24) is 0 Å². The average Bonchev–Trinajstić information content (AvgIpc) is 2.38. The lowest BCUT2D eigenvalue weighted by Crippen LogP contribution is -2.04. The lowest BCUT2D eigenvalue weighted by molar-refractivity contribution is -0.137. The van der Waals surface area contributed by atoms with Crippen molar-refractivity contribution in [2.24, 2.45) is 5.73 Å². The van der Waals surface area contributed by atoms with Gasteiger partial charge in [-0.15, -0.1) is 11.8 Å². The van der Waals surface area contributed by atoms with Crippen LogP contribution in [-0.4, -0.2) is 25.9 Å². The van der Waals surface area contributed by atoms with Crippen molar-refractivity contribution in [3.05, 3.63) is 29.3 Å². The van der Waals surface area contributed by atoms with E-state index in [1.165, 1.54) is 18.9 Å². The van der Waals surface area contributed by atoms with Gasteiger partial charge >= 0.3 is 5.97 Å². The first-order chi connectivity index (χ1) is 8.21. The van der Waals surface area contributed by atoms with Gasteiger partial charge in [-0.05, 0) is 17.7 Å². The van der Waals surface area contributed by atoms with Crippen LogP contribution < -0.4 is 10.5 Å². The third kappa shape index (κ3) is 4.28. The molecule has 17 heavy (non-hydrogen) atoms. The fraction of sp³-hybridized carbons (Fsp3) is 0.417. The van der Waals surface area contributed by atoms with Gasteiger partial charge in [0.25, 0.3) is 0 Å². The van der Waals surface area contributed by atoms with Gasteiger partial charge in [0, 0.05) is 17.9 Å². The minimum Gasteiger partial charge on any atom is -0.496 e. The third-order valence-electron chi connectivity index (χ3n) is 2.29. The maximum atomic E-state index is 11.0. The summed E-state index contributed by atoms with van der Waals surface area (Å²) in [5.41, 5.74) is 7.69. The van der Waals surface area contributed by atoms with E-state index in [-0.39, 0.29) is 5.97 Å². The summed E-state index contributed by atoms with van der Waals surface area (Å²) in [6.07, 6.45) is 0. The highest BCUT2D eigenvalue weighted by molar-refractivity contribution is 7.99. The zero-order valence-corrected chi connectivity index (χ0v) is 10.9. The zero-order chi connectivity index (χ0) is 12.7. The van der Waals surface area contributed by atoms with Crippen molar-refractivity contribution in [3.8, 4) is 5.75 Å². The molecule has 94 valence electrons. The van der Waals surface area contributed by atoms with Crippen LogP contribution in [0.25, 0.3) is 0 Å². The number of thioether (sulfide) groups is 1. The van der Waals surface area contributed by atoms with Gasteiger partial charge in [0.2, 0.25) is 0 Å². The monoisotopic (exact) mass is 255 g/mol. The Kier molecular flexibility index (Phi) is 5.86. The Morgan fingerprint density at radius 3 is 2.76 bits per heavy atom. The molecule has 0 saturated carbocycles. The molecular formula is C12H17NO3S. The summed E-state index contributed by atoms with van der Waals surface area (Å²) < 4.78 is 9.84. The predicted octanol–water partition coefficient (Wildman–Crippen LogP) is 1.56. The fourth-order valence-electron chi connectivity index (χ4n) is 1.37. The number of ether oxygens (including phenoxy) is 2. The molecule has 0 amide bonds. The second-order valence-corrected chi connectivity index (χ2v) is 4.40. The quantitative estimate of drug-likeness (QED) is 0.782. The zero-order valence-electron chi connectivity index (χ0n) is 10.1. The molecular weight excluding hydrogens is 238 g/mol. The van der Waals surface area contributed by atoms with E-state index in [9.17, 15) is 4.79 Å². The van der Waals surface area contributed by atoms with E-state index in [2.05, 4.69) is 4.74 Å². The average molecular weight is 255 g/mol. The van der Waals surface area contributed by atoms with Crippen molar-refractivity contribution in [2.45, 2.75) is 12.3 Å². The number of nitrogens with two attached hydrogens (primary N) is 1. The number of carbonyl (C=O) groups excluding carboxylic acids is 1. The normalized spacial score (nSPS) is 10.1.